The third kappa shape index (κ3) is 3.66. The molecule has 0 radical (unpaired) electrons. The maximum absolute atomic E-state index is 13.0. The van der Waals surface area contributed by atoms with Gasteiger partial charge < -0.3 is 5.32 Å². The summed E-state index contributed by atoms with van der Waals surface area (Å²) < 4.78 is 40.4. The van der Waals surface area contributed by atoms with Crippen LogP contribution in [0.4, 0.5) is 13.2 Å². The molecule has 0 fully saturated rings. The Hall–Kier alpha value is -3.41. The molecule has 1 aromatic carbocycles. The van der Waals surface area contributed by atoms with Crippen LogP contribution in [-0.4, -0.2) is 30.5 Å². The number of fused-ring (bicyclic) bond motifs is 1. The van der Waals surface area contributed by atoms with Gasteiger partial charge in [-0.25, -0.2) is 14.9 Å². The summed E-state index contributed by atoms with van der Waals surface area (Å²) in [5.41, 5.74) is -0.378. The Morgan fingerprint density at radius 2 is 2.14 bits per heavy atom. The molecule has 12 heteroatoms. The molecular weight excluding hydrogens is 409 g/mol. The summed E-state index contributed by atoms with van der Waals surface area (Å²) in [7, 11) is 0. The maximum Gasteiger partial charge on any atom is 0.416 e. The fraction of sp³-hybridized carbons (Fsp3) is 0.176. The molecule has 8 nitrogen and oxygen atoms in total. The van der Waals surface area contributed by atoms with Gasteiger partial charge in [-0.2, -0.15) is 18.3 Å². The van der Waals surface area contributed by atoms with E-state index in [1.807, 2.05) is 0 Å². The summed E-state index contributed by atoms with van der Waals surface area (Å²) in [6.07, 6.45) is -2.95. The summed E-state index contributed by atoms with van der Waals surface area (Å²) in [6, 6.07) is 4.27. The molecule has 4 aromatic rings. The van der Waals surface area contributed by atoms with Crippen LogP contribution in [-0.2, 0) is 6.18 Å². The van der Waals surface area contributed by atoms with E-state index in [1.165, 1.54) is 34.1 Å². The first-order chi connectivity index (χ1) is 13.7. The monoisotopic (exact) mass is 422 g/mol. The van der Waals surface area contributed by atoms with E-state index in [0.717, 1.165) is 12.1 Å². The molecule has 3 aromatic heterocycles. The van der Waals surface area contributed by atoms with Crippen molar-refractivity contribution in [3.8, 4) is 11.3 Å². The van der Waals surface area contributed by atoms with Crippen LogP contribution < -0.4 is 11.0 Å². The summed E-state index contributed by atoms with van der Waals surface area (Å²) in [6.45, 7) is 1.65. The molecule has 0 saturated carbocycles. The molecule has 0 spiro atoms. The summed E-state index contributed by atoms with van der Waals surface area (Å²) >= 11 is 1.18. The molecule has 0 bridgehead atoms. The number of halogens is 3. The van der Waals surface area contributed by atoms with Crippen molar-refractivity contribution in [2.75, 3.05) is 0 Å². The average molecular weight is 422 g/mol. The number of nitrogens with zero attached hydrogens (tertiary/aromatic N) is 3. The third-order valence-corrected chi connectivity index (χ3v) is 5.04. The van der Waals surface area contributed by atoms with Gasteiger partial charge in [0.25, 0.3) is 5.91 Å². The largest absolute Gasteiger partial charge is 0.416 e. The Morgan fingerprint density at radius 3 is 2.83 bits per heavy atom. The van der Waals surface area contributed by atoms with E-state index in [9.17, 15) is 22.8 Å². The Balaban J connectivity index is 1.62. The number of aromatic nitrogens is 5. The van der Waals surface area contributed by atoms with Crippen LogP contribution in [0.1, 0.15) is 34.8 Å². The Bertz CT molecular complexity index is 1250. The molecule has 0 aliphatic carbocycles. The number of hydrogen-bond acceptors (Lipinski definition) is 5. The zero-order valence-corrected chi connectivity index (χ0v) is 15.6. The van der Waals surface area contributed by atoms with Crippen molar-refractivity contribution >= 4 is 22.2 Å². The lowest BCUT2D eigenvalue weighted by atomic mass is 10.1. The number of imidazole rings is 1. The highest BCUT2D eigenvalue weighted by molar-refractivity contribution is 7.15. The highest BCUT2D eigenvalue weighted by Gasteiger charge is 2.30. The smallest absolute Gasteiger partial charge is 0.341 e. The van der Waals surface area contributed by atoms with E-state index in [0.29, 0.717) is 16.2 Å². The second-order valence-electron chi connectivity index (χ2n) is 6.24. The van der Waals surface area contributed by atoms with Gasteiger partial charge in [-0.15, -0.1) is 11.3 Å². The van der Waals surface area contributed by atoms with Gasteiger partial charge in [-0.05, 0) is 19.1 Å². The molecule has 0 saturated heterocycles. The molecule has 29 heavy (non-hydrogen) atoms. The molecule has 0 unspecified atom stereocenters. The number of nitrogens with one attached hydrogen (secondary N) is 3. The highest BCUT2D eigenvalue weighted by atomic mass is 32.1. The van der Waals surface area contributed by atoms with Crippen molar-refractivity contribution in [1.82, 2.24) is 29.9 Å². The van der Waals surface area contributed by atoms with Crippen LogP contribution in [0.2, 0.25) is 0 Å². The number of hydrogen-bond donors (Lipinski definition) is 3. The van der Waals surface area contributed by atoms with E-state index in [2.05, 4.69) is 25.5 Å². The normalized spacial score (nSPS) is 13.0. The number of aromatic amines is 2. The molecule has 3 N–H and O–H groups in total. The molecule has 0 aliphatic rings. The first-order valence-corrected chi connectivity index (χ1v) is 9.20. The number of thiazole rings is 1. The van der Waals surface area contributed by atoms with Crippen LogP contribution in [0.5, 0.6) is 0 Å². The molecule has 150 valence electrons. The predicted molar refractivity (Wildman–Crippen MR) is 98.6 cm³/mol. The van der Waals surface area contributed by atoms with Gasteiger partial charge in [0, 0.05) is 17.1 Å². The van der Waals surface area contributed by atoms with Crippen molar-refractivity contribution < 1.29 is 18.0 Å². The number of benzene rings is 1. The van der Waals surface area contributed by atoms with E-state index in [1.54, 1.807) is 12.3 Å². The number of alkyl halides is 3. The molecule has 4 rings (SSSR count). The van der Waals surface area contributed by atoms with Gasteiger partial charge in [0.2, 0.25) is 0 Å². The van der Waals surface area contributed by atoms with Crippen molar-refractivity contribution in [1.29, 1.82) is 0 Å². The zero-order chi connectivity index (χ0) is 20.8. The summed E-state index contributed by atoms with van der Waals surface area (Å²) in [5.74, 6) is -0.175. The van der Waals surface area contributed by atoms with Crippen LogP contribution >= 0.6 is 11.3 Å². The molecule has 1 atom stereocenters. The van der Waals surface area contributed by atoms with Crippen LogP contribution in [0, 0.1) is 0 Å². The minimum atomic E-state index is -4.46. The van der Waals surface area contributed by atoms with Crippen molar-refractivity contribution in [2.24, 2.45) is 0 Å². The Labute approximate surface area is 164 Å². The standard InChI is InChI=1S/C17H13F3N6O2S/c1-8(13-23-15(28)25-24-13)21-14(27)12-7-29-16-22-11(6-26(12)16)9-3-2-4-10(5-9)17(18,19)20/h2-8H,1H3,(H,21,27)(H2,23,24,25,28)/t8-/m1/s1. The topological polar surface area (TPSA) is 108 Å². The van der Waals surface area contributed by atoms with Crippen LogP contribution in [0.25, 0.3) is 16.2 Å². The quantitative estimate of drug-likeness (QED) is 0.470. The summed E-state index contributed by atoms with van der Waals surface area (Å²) in [5, 5.41) is 10.3. The van der Waals surface area contributed by atoms with Crippen LogP contribution in [0.15, 0.2) is 40.6 Å². The van der Waals surface area contributed by atoms with Gasteiger partial charge in [0.15, 0.2) is 10.8 Å². The average Bonchev–Trinajstić information content (AvgIpc) is 3.36. The lowest BCUT2D eigenvalue weighted by molar-refractivity contribution is -0.137. The summed E-state index contributed by atoms with van der Waals surface area (Å²) in [4.78, 5) is 31.0. The molecular formula is C17H13F3N6O2S. The first kappa shape index (κ1) is 18.9. The van der Waals surface area contributed by atoms with Crippen molar-refractivity contribution in [2.45, 2.75) is 19.1 Å². The van der Waals surface area contributed by atoms with Crippen molar-refractivity contribution in [3.05, 3.63) is 63.4 Å². The number of amides is 1. The SMILES string of the molecule is C[C@@H](NC(=O)c1csc2nc(-c3cccc(C(F)(F)F)c3)cn12)c1n[nH]c(=O)[nH]1. The Morgan fingerprint density at radius 1 is 1.34 bits per heavy atom. The van der Waals surface area contributed by atoms with Crippen LogP contribution in [0.3, 0.4) is 0 Å². The molecule has 3 heterocycles. The minimum absolute atomic E-state index is 0.264. The van der Waals surface area contributed by atoms with E-state index in [-0.39, 0.29) is 11.5 Å². The third-order valence-electron chi connectivity index (χ3n) is 4.20. The second kappa shape index (κ2) is 6.88. The lowest BCUT2D eigenvalue weighted by Crippen LogP contribution is -2.28. The van der Waals surface area contributed by atoms with Gasteiger partial charge in [0.05, 0.1) is 17.3 Å². The number of H-pyrrole nitrogens is 2. The van der Waals surface area contributed by atoms with E-state index in [4.69, 9.17) is 0 Å². The molecule has 1 amide bonds. The van der Waals surface area contributed by atoms with Gasteiger partial charge in [-0.1, -0.05) is 12.1 Å². The maximum atomic E-state index is 13.0. The number of carbonyl (C=O) groups excluding carboxylic acids is 1. The predicted octanol–water partition coefficient (Wildman–Crippen LogP) is 2.98. The van der Waals surface area contributed by atoms with E-state index < -0.39 is 29.4 Å². The molecule has 0 aliphatic heterocycles. The van der Waals surface area contributed by atoms with Crippen molar-refractivity contribution in [3.63, 3.8) is 0 Å². The fourth-order valence-corrected chi connectivity index (χ4v) is 3.62. The first-order valence-electron chi connectivity index (χ1n) is 8.32. The second-order valence-corrected chi connectivity index (χ2v) is 7.07. The minimum Gasteiger partial charge on any atom is -0.341 e. The number of carbonyl (C=O) groups is 1. The van der Waals surface area contributed by atoms with Gasteiger partial charge >= 0.3 is 11.9 Å². The van der Waals surface area contributed by atoms with E-state index >= 15 is 0 Å². The fourth-order valence-electron chi connectivity index (χ4n) is 2.77. The Kier molecular flexibility index (Phi) is 4.49. The van der Waals surface area contributed by atoms with Gasteiger partial charge in [0.1, 0.15) is 5.69 Å². The lowest BCUT2D eigenvalue weighted by Gasteiger charge is -2.10. The van der Waals surface area contributed by atoms with Gasteiger partial charge in [-0.3, -0.25) is 14.2 Å². The number of rotatable bonds is 4. The highest BCUT2D eigenvalue weighted by Crippen LogP contribution is 2.32. The zero-order valence-electron chi connectivity index (χ0n) is 14.7.